The van der Waals surface area contributed by atoms with Crippen LogP contribution in [0, 0.1) is 0 Å². The van der Waals surface area contributed by atoms with Crippen molar-refractivity contribution in [3.05, 3.63) is 29.8 Å². The van der Waals surface area contributed by atoms with Crippen molar-refractivity contribution in [3.63, 3.8) is 0 Å². The van der Waals surface area contributed by atoms with Crippen LogP contribution >= 0.6 is 0 Å². The predicted octanol–water partition coefficient (Wildman–Crippen LogP) is 1.42. The zero-order valence-electron chi connectivity index (χ0n) is 13.1. The van der Waals surface area contributed by atoms with Gasteiger partial charge in [0.05, 0.1) is 17.0 Å². The van der Waals surface area contributed by atoms with Crippen LogP contribution in [0.1, 0.15) is 43.0 Å². The summed E-state index contributed by atoms with van der Waals surface area (Å²) >= 11 is 0. The third-order valence-electron chi connectivity index (χ3n) is 4.21. The fourth-order valence-corrected chi connectivity index (χ4v) is 3.96. The molecule has 6 nitrogen and oxygen atoms in total. The SMILES string of the molecule is CC(NC(=O)c1ccc(S(=O)(=O)NC2CC2)cc1)C1CCCO1. The van der Waals surface area contributed by atoms with E-state index < -0.39 is 10.0 Å². The lowest BCUT2D eigenvalue weighted by molar-refractivity contribution is 0.0712. The molecule has 2 unspecified atom stereocenters. The lowest BCUT2D eigenvalue weighted by Gasteiger charge is -2.20. The number of benzene rings is 1. The van der Waals surface area contributed by atoms with Gasteiger partial charge in [-0.1, -0.05) is 0 Å². The van der Waals surface area contributed by atoms with Crippen molar-refractivity contribution in [1.82, 2.24) is 10.0 Å². The summed E-state index contributed by atoms with van der Waals surface area (Å²) in [6, 6.07) is 6.02. The summed E-state index contributed by atoms with van der Waals surface area (Å²) in [5.41, 5.74) is 0.445. The normalized spacial score (nSPS) is 22.7. The largest absolute Gasteiger partial charge is 0.376 e. The van der Waals surface area contributed by atoms with Gasteiger partial charge in [0.25, 0.3) is 5.91 Å². The van der Waals surface area contributed by atoms with Gasteiger partial charge >= 0.3 is 0 Å². The Kier molecular flexibility index (Phi) is 4.70. The molecule has 0 radical (unpaired) electrons. The summed E-state index contributed by atoms with van der Waals surface area (Å²) < 4.78 is 32.4. The molecule has 0 aromatic heterocycles. The third-order valence-corrected chi connectivity index (χ3v) is 5.74. The molecule has 3 rings (SSSR count). The maximum absolute atomic E-state index is 12.2. The van der Waals surface area contributed by atoms with Crippen LogP contribution < -0.4 is 10.0 Å². The Morgan fingerprint density at radius 1 is 1.22 bits per heavy atom. The zero-order chi connectivity index (χ0) is 16.4. The van der Waals surface area contributed by atoms with Crippen LogP contribution in [0.4, 0.5) is 0 Å². The van der Waals surface area contributed by atoms with E-state index in [-0.39, 0.29) is 29.0 Å². The number of rotatable bonds is 6. The van der Waals surface area contributed by atoms with Gasteiger partial charge in [0.2, 0.25) is 10.0 Å². The highest BCUT2D eigenvalue weighted by Crippen LogP contribution is 2.22. The number of sulfonamides is 1. The highest BCUT2D eigenvalue weighted by molar-refractivity contribution is 7.89. The van der Waals surface area contributed by atoms with E-state index in [1.807, 2.05) is 6.92 Å². The van der Waals surface area contributed by atoms with E-state index in [2.05, 4.69) is 10.0 Å². The molecule has 2 N–H and O–H groups in total. The van der Waals surface area contributed by atoms with E-state index in [1.54, 1.807) is 12.1 Å². The molecule has 7 heteroatoms. The van der Waals surface area contributed by atoms with Gasteiger partial charge < -0.3 is 10.1 Å². The fourth-order valence-electron chi connectivity index (χ4n) is 2.65. The zero-order valence-corrected chi connectivity index (χ0v) is 13.9. The van der Waals surface area contributed by atoms with Crippen molar-refractivity contribution < 1.29 is 17.9 Å². The number of nitrogens with one attached hydrogen (secondary N) is 2. The number of carbonyl (C=O) groups excluding carboxylic acids is 1. The van der Waals surface area contributed by atoms with E-state index in [0.29, 0.717) is 5.56 Å². The average Bonchev–Trinajstić information content (AvgIpc) is 3.15. The molecule has 2 atom stereocenters. The lowest BCUT2D eigenvalue weighted by Crippen LogP contribution is -2.40. The summed E-state index contributed by atoms with van der Waals surface area (Å²) in [5.74, 6) is -0.216. The van der Waals surface area contributed by atoms with E-state index in [0.717, 1.165) is 32.3 Å². The van der Waals surface area contributed by atoms with Crippen LogP contribution in [0.15, 0.2) is 29.2 Å². The third kappa shape index (κ3) is 4.10. The number of hydrogen-bond donors (Lipinski definition) is 2. The van der Waals surface area contributed by atoms with Gasteiger partial charge in [-0.3, -0.25) is 4.79 Å². The Labute approximate surface area is 136 Å². The van der Waals surface area contributed by atoms with Crippen molar-refractivity contribution in [1.29, 1.82) is 0 Å². The molecule has 23 heavy (non-hydrogen) atoms. The van der Waals surface area contributed by atoms with Crippen LogP contribution in [-0.2, 0) is 14.8 Å². The Morgan fingerprint density at radius 2 is 1.91 bits per heavy atom. The molecule has 1 heterocycles. The van der Waals surface area contributed by atoms with Gasteiger partial charge in [0.15, 0.2) is 0 Å². The Hall–Kier alpha value is -1.44. The molecule has 1 aromatic rings. The maximum Gasteiger partial charge on any atom is 0.251 e. The van der Waals surface area contributed by atoms with Gasteiger partial charge in [0, 0.05) is 18.2 Å². The number of ether oxygens (including phenoxy) is 1. The lowest BCUT2D eigenvalue weighted by atomic mass is 10.1. The highest BCUT2D eigenvalue weighted by atomic mass is 32.2. The van der Waals surface area contributed by atoms with Crippen molar-refractivity contribution >= 4 is 15.9 Å². The Bertz CT molecular complexity index is 662. The summed E-state index contributed by atoms with van der Waals surface area (Å²) in [6.45, 7) is 2.66. The molecule has 1 aliphatic heterocycles. The van der Waals surface area contributed by atoms with E-state index in [9.17, 15) is 13.2 Å². The van der Waals surface area contributed by atoms with Crippen molar-refractivity contribution in [2.24, 2.45) is 0 Å². The first-order chi connectivity index (χ1) is 11.0. The first kappa shape index (κ1) is 16.4. The molecular weight excluding hydrogens is 316 g/mol. The topological polar surface area (TPSA) is 84.5 Å². The van der Waals surface area contributed by atoms with Crippen LogP contribution in [0.5, 0.6) is 0 Å². The quantitative estimate of drug-likeness (QED) is 0.822. The van der Waals surface area contributed by atoms with Gasteiger partial charge in [-0.05, 0) is 56.9 Å². The Balaban J connectivity index is 1.62. The smallest absolute Gasteiger partial charge is 0.251 e. The summed E-state index contributed by atoms with van der Waals surface area (Å²) in [4.78, 5) is 12.4. The van der Waals surface area contributed by atoms with E-state index in [1.165, 1.54) is 12.1 Å². The molecule has 1 saturated heterocycles. The molecule has 0 spiro atoms. The van der Waals surface area contributed by atoms with E-state index in [4.69, 9.17) is 4.74 Å². The second kappa shape index (κ2) is 6.59. The highest BCUT2D eigenvalue weighted by Gasteiger charge is 2.28. The van der Waals surface area contributed by atoms with Gasteiger partial charge in [0.1, 0.15) is 0 Å². The van der Waals surface area contributed by atoms with E-state index >= 15 is 0 Å². The maximum atomic E-state index is 12.2. The number of carbonyl (C=O) groups is 1. The second-order valence-corrected chi connectivity index (χ2v) is 7.95. The molecule has 1 amide bonds. The minimum Gasteiger partial charge on any atom is -0.376 e. The fraction of sp³-hybridized carbons (Fsp3) is 0.562. The molecule has 1 saturated carbocycles. The first-order valence-corrected chi connectivity index (χ1v) is 9.49. The van der Waals surface area contributed by atoms with Crippen molar-refractivity contribution in [2.75, 3.05) is 6.61 Å². The molecule has 126 valence electrons. The second-order valence-electron chi connectivity index (χ2n) is 6.23. The van der Waals surface area contributed by atoms with Crippen molar-refractivity contribution in [2.45, 2.75) is 55.7 Å². The molecule has 0 bridgehead atoms. The monoisotopic (exact) mass is 338 g/mol. The summed E-state index contributed by atoms with van der Waals surface area (Å²) in [5, 5.41) is 2.91. The summed E-state index contributed by atoms with van der Waals surface area (Å²) in [7, 11) is -3.48. The number of hydrogen-bond acceptors (Lipinski definition) is 4. The molecule has 1 aromatic carbocycles. The summed E-state index contributed by atoms with van der Waals surface area (Å²) in [6.07, 6.45) is 3.81. The Morgan fingerprint density at radius 3 is 2.48 bits per heavy atom. The first-order valence-electron chi connectivity index (χ1n) is 8.00. The molecule has 2 aliphatic rings. The molecular formula is C16H22N2O4S. The van der Waals surface area contributed by atoms with Crippen molar-refractivity contribution in [3.8, 4) is 0 Å². The average molecular weight is 338 g/mol. The van der Waals surface area contributed by atoms with Crippen LogP contribution in [0.3, 0.4) is 0 Å². The van der Waals surface area contributed by atoms with Gasteiger partial charge in [-0.15, -0.1) is 0 Å². The van der Waals surface area contributed by atoms with Crippen LogP contribution in [0.25, 0.3) is 0 Å². The minimum atomic E-state index is -3.48. The standard InChI is InChI=1S/C16H22N2O4S/c1-11(15-3-2-10-22-15)17-16(19)12-4-8-14(9-5-12)23(20,21)18-13-6-7-13/h4-5,8-9,11,13,15,18H,2-3,6-7,10H2,1H3,(H,17,19). The predicted molar refractivity (Wildman–Crippen MR) is 85.7 cm³/mol. The van der Waals surface area contributed by atoms with Gasteiger partial charge in [-0.2, -0.15) is 0 Å². The van der Waals surface area contributed by atoms with Gasteiger partial charge in [-0.25, -0.2) is 13.1 Å². The molecule has 2 fully saturated rings. The van der Waals surface area contributed by atoms with Crippen LogP contribution in [0.2, 0.25) is 0 Å². The number of amides is 1. The minimum absolute atomic E-state index is 0.0568. The van der Waals surface area contributed by atoms with Crippen LogP contribution in [-0.4, -0.2) is 39.1 Å². The molecule has 1 aliphatic carbocycles.